The van der Waals surface area contributed by atoms with Crippen LogP contribution in [0.5, 0.6) is 0 Å². The number of benzene rings is 1. The van der Waals surface area contributed by atoms with Gasteiger partial charge in [0, 0.05) is 25.1 Å². The SMILES string of the molecule is NC[C@@H]1C[C@H]2CN(S(=O)(=O)c3ccc4c(c3)C(=O)CC4)C[C@@H]12. The average Bonchev–Trinajstić information content (AvgIpc) is 3.02. The average molecular weight is 320 g/mol. The molecule has 0 radical (unpaired) electrons. The van der Waals surface area contributed by atoms with E-state index in [0.717, 1.165) is 18.4 Å². The first-order chi connectivity index (χ1) is 10.5. The van der Waals surface area contributed by atoms with Crippen molar-refractivity contribution >= 4 is 15.8 Å². The van der Waals surface area contributed by atoms with Gasteiger partial charge in [-0.2, -0.15) is 4.31 Å². The normalized spacial score (nSPS) is 31.0. The van der Waals surface area contributed by atoms with Crippen molar-refractivity contribution in [1.29, 1.82) is 0 Å². The molecule has 2 aliphatic carbocycles. The van der Waals surface area contributed by atoms with E-state index < -0.39 is 10.0 Å². The molecule has 5 nitrogen and oxygen atoms in total. The van der Waals surface area contributed by atoms with Gasteiger partial charge in [-0.05, 0) is 54.8 Å². The summed E-state index contributed by atoms with van der Waals surface area (Å²) in [6.45, 7) is 1.80. The summed E-state index contributed by atoms with van der Waals surface area (Å²) in [7, 11) is -3.50. The Balaban J connectivity index is 1.62. The molecule has 1 aliphatic heterocycles. The number of aryl methyl sites for hydroxylation is 1. The van der Waals surface area contributed by atoms with E-state index in [1.54, 1.807) is 22.5 Å². The molecule has 0 unspecified atom stereocenters. The van der Waals surface area contributed by atoms with Gasteiger partial charge in [-0.1, -0.05) is 6.07 Å². The molecule has 4 rings (SSSR count). The lowest BCUT2D eigenvalue weighted by atomic mass is 9.67. The molecule has 118 valence electrons. The first-order valence-corrected chi connectivity index (χ1v) is 9.31. The maximum absolute atomic E-state index is 12.8. The fourth-order valence-corrected chi connectivity index (χ4v) is 5.76. The molecule has 22 heavy (non-hydrogen) atoms. The zero-order chi connectivity index (χ0) is 15.5. The third-order valence-corrected chi connectivity index (χ3v) is 7.44. The highest BCUT2D eigenvalue weighted by Gasteiger charge is 2.49. The zero-order valence-electron chi connectivity index (χ0n) is 12.4. The van der Waals surface area contributed by atoms with Gasteiger partial charge in [-0.25, -0.2) is 8.42 Å². The summed E-state index contributed by atoms with van der Waals surface area (Å²) in [6.07, 6.45) is 2.25. The second-order valence-electron chi connectivity index (χ2n) is 6.72. The summed E-state index contributed by atoms with van der Waals surface area (Å²) in [4.78, 5) is 12.1. The second kappa shape index (κ2) is 4.88. The van der Waals surface area contributed by atoms with Crippen molar-refractivity contribution < 1.29 is 13.2 Å². The molecule has 6 heteroatoms. The minimum absolute atomic E-state index is 0.0525. The largest absolute Gasteiger partial charge is 0.330 e. The Bertz CT molecular complexity index is 744. The van der Waals surface area contributed by atoms with Crippen molar-refractivity contribution in [3.63, 3.8) is 0 Å². The molecule has 1 saturated carbocycles. The van der Waals surface area contributed by atoms with E-state index in [2.05, 4.69) is 0 Å². The minimum atomic E-state index is -3.50. The van der Waals surface area contributed by atoms with E-state index in [-0.39, 0.29) is 10.7 Å². The molecule has 2 fully saturated rings. The highest BCUT2D eigenvalue weighted by atomic mass is 32.2. The van der Waals surface area contributed by atoms with Crippen LogP contribution < -0.4 is 5.73 Å². The number of Topliss-reactive ketones (excluding diaryl/α,β-unsaturated/α-hetero) is 1. The van der Waals surface area contributed by atoms with E-state index in [1.165, 1.54) is 0 Å². The fourth-order valence-electron chi connectivity index (χ4n) is 4.20. The molecule has 1 aromatic carbocycles. The molecule has 0 bridgehead atoms. The van der Waals surface area contributed by atoms with Crippen LogP contribution in [0.25, 0.3) is 0 Å². The summed E-state index contributed by atoms with van der Waals surface area (Å²) in [5, 5.41) is 0. The van der Waals surface area contributed by atoms with Crippen molar-refractivity contribution in [2.45, 2.75) is 24.2 Å². The molecular weight excluding hydrogens is 300 g/mol. The Labute approximate surface area is 130 Å². The maximum atomic E-state index is 12.8. The third kappa shape index (κ3) is 1.97. The lowest BCUT2D eigenvalue weighted by Gasteiger charge is -2.38. The number of carbonyl (C=O) groups is 1. The quantitative estimate of drug-likeness (QED) is 0.902. The number of nitrogens with zero attached hydrogens (tertiary/aromatic N) is 1. The molecule has 1 saturated heterocycles. The van der Waals surface area contributed by atoms with Crippen molar-refractivity contribution in [1.82, 2.24) is 4.31 Å². The van der Waals surface area contributed by atoms with Crippen LogP contribution in [0.2, 0.25) is 0 Å². The van der Waals surface area contributed by atoms with E-state index >= 15 is 0 Å². The van der Waals surface area contributed by atoms with Crippen LogP contribution in [0.1, 0.15) is 28.8 Å². The smallest absolute Gasteiger partial charge is 0.243 e. The van der Waals surface area contributed by atoms with Gasteiger partial charge in [0.25, 0.3) is 0 Å². The van der Waals surface area contributed by atoms with Gasteiger partial charge in [0.05, 0.1) is 4.90 Å². The first-order valence-electron chi connectivity index (χ1n) is 7.87. The Hall–Kier alpha value is -1.24. The highest BCUT2D eigenvalue weighted by molar-refractivity contribution is 7.89. The van der Waals surface area contributed by atoms with Gasteiger partial charge in [-0.3, -0.25) is 4.79 Å². The number of fused-ring (bicyclic) bond motifs is 2. The Kier molecular flexibility index (Phi) is 3.18. The Morgan fingerprint density at radius 2 is 2.05 bits per heavy atom. The van der Waals surface area contributed by atoms with Gasteiger partial charge in [0.2, 0.25) is 10.0 Å². The van der Waals surface area contributed by atoms with Crippen LogP contribution in [0, 0.1) is 17.8 Å². The van der Waals surface area contributed by atoms with Crippen molar-refractivity contribution in [2.24, 2.45) is 23.5 Å². The first kappa shape index (κ1) is 14.4. The van der Waals surface area contributed by atoms with Crippen LogP contribution in [0.3, 0.4) is 0 Å². The number of ketones is 1. The molecule has 2 N–H and O–H groups in total. The predicted molar refractivity (Wildman–Crippen MR) is 82.0 cm³/mol. The summed E-state index contributed by atoms with van der Waals surface area (Å²) in [5.74, 6) is 1.39. The van der Waals surface area contributed by atoms with Crippen molar-refractivity contribution in [2.75, 3.05) is 19.6 Å². The van der Waals surface area contributed by atoms with Crippen molar-refractivity contribution in [3.05, 3.63) is 29.3 Å². The van der Waals surface area contributed by atoms with Gasteiger partial charge in [0.15, 0.2) is 5.78 Å². The summed E-state index contributed by atoms with van der Waals surface area (Å²) >= 11 is 0. The van der Waals surface area contributed by atoms with Crippen LogP contribution in [0.15, 0.2) is 23.1 Å². The van der Waals surface area contributed by atoms with Gasteiger partial charge in [-0.15, -0.1) is 0 Å². The van der Waals surface area contributed by atoms with E-state index in [4.69, 9.17) is 5.73 Å². The molecule has 1 aromatic rings. The Morgan fingerprint density at radius 1 is 1.23 bits per heavy atom. The molecule has 0 aromatic heterocycles. The minimum Gasteiger partial charge on any atom is -0.330 e. The number of sulfonamides is 1. The standard InChI is InChI=1S/C16H20N2O3S/c17-7-11-5-12-8-18(9-15(11)12)22(20,21)13-3-1-10-2-4-16(19)14(10)6-13/h1,3,6,11-12,15H,2,4-5,7-9,17H2/t11-,12-,15-/m0/s1. The van der Waals surface area contributed by atoms with Gasteiger partial charge < -0.3 is 5.73 Å². The second-order valence-corrected chi connectivity index (χ2v) is 8.66. The lowest BCUT2D eigenvalue weighted by Crippen LogP contribution is -2.40. The zero-order valence-corrected chi connectivity index (χ0v) is 13.2. The number of nitrogens with two attached hydrogens (primary N) is 1. The van der Waals surface area contributed by atoms with E-state index in [9.17, 15) is 13.2 Å². The summed E-state index contributed by atoms with van der Waals surface area (Å²) in [6, 6.07) is 5.01. The lowest BCUT2D eigenvalue weighted by molar-refractivity contribution is 0.0994. The molecular formula is C16H20N2O3S. The maximum Gasteiger partial charge on any atom is 0.243 e. The summed E-state index contributed by atoms with van der Waals surface area (Å²) < 4.78 is 27.3. The third-order valence-electron chi connectivity index (χ3n) is 5.61. The van der Waals surface area contributed by atoms with Gasteiger partial charge >= 0.3 is 0 Å². The highest BCUT2D eigenvalue weighted by Crippen LogP contribution is 2.46. The van der Waals surface area contributed by atoms with Gasteiger partial charge in [0.1, 0.15) is 0 Å². The molecule has 1 heterocycles. The molecule has 0 spiro atoms. The topological polar surface area (TPSA) is 80.5 Å². The number of hydrogen-bond donors (Lipinski definition) is 1. The van der Waals surface area contributed by atoms with E-state index in [1.807, 2.05) is 0 Å². The summed E-state index contributed by atoms with van der Waals surface area (Å²) in [5.41, 5.74) is 7.28. The predicted octanol–water partition coefficient (Wildman–Crippen LogP) is 1.03. The molecule has 0 amide bonds. The monoisotopic (exact) mass is 320 g/mol. The van der Waals surface area contributed by atoms with Crippen LogP contribution in [0.4, 0.5) is 0 Å². The number of carbonyl (C=O) groups excluding carboxylic acids is 1. The molecule has 3 atom stereocenters. The van der Waals surface area contributed by atoms with Crippen LogP contribution in [-0.4, -0.2) is 38.1 Å². The fraction of sp³-hybridized carbons (Fsp3) is 0.562. The van der Waals surface area contributed by atoms with Crippen LogP contribution >= 0.6 is 0 Å². The molecule has 3 aliphatic rings. The van der Waals surface area contributed by atoms with Crippen LogP contribution in [-0.2, 0) is 16.4 Å². The number of rotatable bonds is 3. The Morgan fingerprint density at radius 3 is 2.82 bits per heavy atom. The van der Waals surface area contributed by atoms with E-state index in [0.29, 0.717) is 49.4 Å². The number of hydrogen-bond acceptors (Lipinski definition) is 4. The van der Waals surface area contributed by atoms with Crippen molar-refractivity contribution in [3.8, 4) is 0 Å².